The molecule has 0 fully saturated rings. The molecule has 140 valence electrons. The highest BCUT2D eigenvalue weighted by molar-refractivity contribution is 5.94. The number of carbonyl (C=O) groups is 1. The van der Waals surface area contributed by atoms with E-state index in [0.717, 1.165) is 12.3 Å². The van der Waals surface area contributed by atoms with Crippen LogP contribution >= 0.6 is 0 Å². The molecule has 0 unspecified atom stereocenters. The minimum atomic E-state index is -0.806. The molecule has 0 bridgehead atoms. The molecule has 3 rings (SSSR count). The summed E-state index contributed by atoms with van der Waals surface area (Å²) in [5.41, 5.74) is 8.31. The summed E-state index contributed by atoms with van der Waals surface area (Å²) >= 11 is 0. The van der Waals surface area contributed by atoms with E-state index in [2.05, 4.69) is 35.8 Å². The van der Waals surface area contributed by atoms with Crippen molar-refractivity contribution in [1.82, 2.24) is 30.7 Å². The predicted octanol–water partition coefficient (Wildman–Crippen LogP) is 1.23. The average molecular weight is 376 g/mol. The van der Waals surface area contributed by atoms with E-state index < -0.39 is 17.5 Å². The van der Waals surface area contributed by atoms with E-state index in [1.807, 2.05) is 6.92 Å². The van der Waals surface area contributed by atoms with Crippen LogP contribution < -0.4 is 11.2 Å². The van der Waals surface area contributed by atoms with Gasteiger partial charge in [-0.15, -0.1) is 5.10 Å². The summed E-state index contributed by atoms with van der Waals surface area (Å²) < 4.78 is 32.2. The Morgan fingerprint density at radius 3 is 2.89 bits per heavy atom. The maximum Gasteiger partial charge on any atom is 0.293 e. The third-order valence-electron chi connectivity index (χ3n) is 3.49. The summed E-state index contributed by atoms with van der Waals surface area (Å²) in [5.74, 6) is -2.08. The van der Waals surface area contributed by atoms with Gasteiger partial charge in [-0.1, -0.05) is 18.6 Å². The summed E-state index contributed by atoms with van der Waals surface area (Å²) in [6, 6.07) is 2.98. The molecule has 0 aliphatic carbocycles. The van der Waals surface area contributed by atoms with Crippen LogP contribution in [0.3, 0.4) is 0 Å². The van der Waals surface area contributed by atoms with Crippen molar-refractivity contribution >= 4 is 17.9 Å². The number of hydrogen-bond donors (Lipinski definition) is 2. The molecule has 0 radical (unpaired) electrons. The highest BCUT2D eigenvalue weighted by Crippen LogP contribution is 2.17. The zero-order valence-electron chi connectivity index (χ0n) is 14.1. The Kier molecular flexibility index (Phi) is 5.15. The molecule has 0 aliphatic heterocycles. The van der Waals surface area contributed by atoms with Crippen molar-refractivity contribution in [3.05, 3.63) is 46.8 Å². The second-order valence-electron chi connectivity index (χ2n) is 5.38. The van der Waals surface area contributed by atoms with Gasteiger partial charge in [0.25, 0.3) is 5.91 Å². The molecule has 27 heavy (non-hydrogen) atoms. The molecular weight excluding hydrogens is 362 g/mol. The van der Waals surface area contributed by atoms with E-state index in [-0.39, 0.29) is 22.9 Å². The van der Waals surface area contributed by atoms with Gasteiger partial charge in [0.15, 0.2) is 5.69 Å². The molecule has 2 aromatic heterocycles. The summed E-state index contributed by atoms with van der Waals surface area (Å²) in [4.78, 5) is 12.4. The van der Waals surface area contributed by atoms with Crippen LogP contribution in [-0.4, -0.2) is 37.4 Å². The normalized spacial score (nSPS) is 11.2. The molecule has 0 spiro atoms. The largest absolute Gasteiger partial charge is 0.378 e. The fraction of sp³-hybridized carbons (Fsp3) is 0.200. The van der Waals surface area contributed by atoms with Gasteiger partial charge in [0, 0.05) is 11.6 Å². The van der Waals surface area contributed by atoms with Gasteiger partial charge in [-0.25, -0.2) is 18.8 Å². The van der Waals surface area contributed by atoms with E-state index in [9.17, 15) is 13.6 Å². The minimum Gasteiger partial charge on any atom is -0.378 e. The van der Waals surface area contributed by atoms with E-state index in [1.54, 1.807) is 0 Å². The highest BCUT2D eigenvalue weighted by atomic mass is 19.1. The monoisotopic (exact) mass is 376 g/mol. The molecule has 0 saturated heterocycles. The molecule has 3 N–H and O–H groups in total. The third-order valence-corrected chi connectivity index (χ3v) is 3.49. The van der Waals surface area contributed by atoms with Gasteiger partial charge >= 0.3 is 0 Å². The molecule has 10 nitrogen and oxygen atoms in total. The maximum absolute atomic E-state index is 13.6. The maximum atomic E-state index is 13.6. The van der Waals surface area contributed by atoms with Crippen molar-refractivity contribution in [1.29, 1.82) is 0 Å². The van der Waals surface area contributed by atoms with Crippen LogP contribution in [0.5, 0.6) is 0 Å². The van der Waals surface area contributed by atoms with Crippen molar-refractivity contribution in [2.75, 3.05) is 5.73 Å². The lowest BCUT2D eigenvalue weighted by molar-refractivity contribution is 0.0949. The van der Waals surface area contributed by atoms with E-state index in [0.29, 0.717) is 24.6 Å². The quantitative estimate of drug-likeness (QED) is 0.487. The zero-order valence-corrected chi connectivity index (χ0v) is 14.1. The highest BCUT2D eigenvalue weighted by Gasteiger charge is 2.23. The van der Waals surface area contributed by atoms with E-state index in [4.69, 9.17) is 5.73 Å². The van der Waals surface area contributed by atoms with Gasteiger partial charge < -0.3 is 5.73 Å². The molecule has 0 saturated carbocycles. The topological polar surface area (TPSA) is 137 Å². The first-order valence-electron chi connectivity index (χ1n) is 7.82. The van der Waals surface area contributed by atoms with Crippen LogP contribution in [0.2, 0.25) is 0 Å². The Balaban J connectivity index is 1.81. The van der Waals surface area contributed by atoms with Crippen LogP contribution in [0, 0.1) is 11.6 Å². The number of anilines is 1. The summed E-state index contributed by atoms with van der Waals surface area (Å²) in [7, 11) is 0. The second kappa shape index (κ2) is 7.68. The predicted molar refractivity (Wildman–Crippen MR) is 89.0 cm³/mol. The lowest BCUT2D eigenvalue weighted by atomic mass is 10.2. The third kappa shape index (κ3) is 3.78. The van der Waals surface area contributed by atoms with Crippen LogP contribution in [0.25, 0.3) is 5.82 Å². The first-order valence-corrected chi connectivity index (χ1v) is 7.82. The lowest BCUT2D eigenvalue weighted by Gasteiger charge is -2.03. The van der Waals surface area contributed by atoms with Gasteiger partial charge in [0.05, 0.1) is 11.9 Å². The number of amides is 1. The van der Waals surface area contributed by atoms with Crippen molar-refractivity contribution in [3.8, 4) is 5.82 Å². The number of rotatable bonds is 6. The Hall–Kier alpha value is -3.70. The molecule has 0 aliphatic rings. The fourth-order valence-corrected chi connectivity index (χ4v) is 2.27. The SMILES string of the molecule is CCCc1c(C(=O)N/N=C/c2ccc(F)cc2F)nnn1-c1nonc1N. The van der Waals surface area contributed by atoms with Gasteiger partial charge in [0.2, 0.25) is 11.6 Å². The Bertz CT molecular complexity index is 998. The summed E-state index contributed by atoms with van der Waals surface area (Å²) in [6.07, 6.45) is 2.18. The number of aromatic nitrogens is 5. The van der Waals surface area contributed by atoms with Crippen LogP contribution in [0.1, 0.15) is 35.1 Å². The Morgan fingerprint density at radius 1 is 1.41 bits per heavy atom. The Labute approximate surface area is 151 Å². The van der Waals surface area contributed by atoms with Crippen LogP contribution in [0.4, 0.5) is 14.6 Å². The zero-order chi connectivity index (χ0) is 19.4. The fourth-order valence-electron chi connectivity index (χ4n) is 2.27. The number of hydrazone groups is 1. The number of nitrogens with one attached hydrogen (secondary N) is 1. The molecule has 1 aromatic carbocycles. The van der Waals surface area contributed by atoms with Gasteiger partial charge in [-0.3, -0.25) is 4.79 Å². The number of halogens is 2. The number of hydrogen-bond acceptors (Lipinski definition) is 8. The molecule has 1 amide bonds. The molecule has 2 heterocycles. The van der Waals surface area contributed by atoms with Crippen molar-refractivity contribution < 1.29 is 18.2 Å². The number of nitrogens with zero attached hydrogens (tertiary/aromatic N) is 6. The average Bonchev–Trinajstić information content (AvgIpc) is 3.23. The lowest BCUT2D eigenvalue weighted by Crippen LogP contribution is -2.20. The molecular formula is C15H14F2N8O2. The molecule has 12 heteroatoms. The van der Waals surface area contributed by atoms with Crippen LogP contribution in [-0.2, 0) is 6.42 Å². The first kappa shape index (κ1) is 18.1. The smallest absolute Gasteiger partial charge is 0.293 e. The standard InChI is InChI=1S/C15H14F2N8O2/c1-2-3-11-12(20-24-25(11)14-13(18)22-27-23-14)15(26)21-19-7-8-4-5-9(16)6-10(8)17/h4-7H,2-3H2,1H3,(H2,18,22)(H,21,26)/b19-7+. The van der Waals surface area contributed by atoms with Crippen molar-refractivity contribution in [3.63, 3.8) is 0 Å². The first-order chi connectivity index (χ1) is 13.0. The van der Waals surface area contributed by atoms with Gasteiger partial charge in [-0.2, -0.15) is 9.78 Å². The second-order valence-corrected chi connectivity index (χ2v) is 5.38. The number of nitrogen functional groups attached to an aromatic ring is 1. The van der Waals surface area contributed by atoms with E-state index in [1.165, 1.54) is 10.7 Å². The van der Waals surface area contributed by atoms with Crippen molar-refractivity contribution in [2.45, 2.75) is 19.8 Å². The summed E-state index contributed by atoms with van der Waals surface area (Å²) in [5, 5.41) is 18.4. The van der Waals surface area contributed by atoms with Crippen molar-refractivity contribution in [2.24, 2.45) is 5.10 Å². The summed E-state index contributed by atoms with van der Waals surface area (Å²) in [6.45, 7) is 1.90. The molecule has 3 aromatic rings. The number of nitrogens with two attached hydrogens (primary N) is 1. The van der Waals surface area contributed by atoms with Crippen LogP contribution in [0.15, 0.2) is 27.9 Å². The number of benzene rings is 1. The molecule has 0 atom stereocenters. The number of carbonyl (C=O) groups excluding carboxylic acids is 1. The Morgan fingerprint density at radius 2 is 2.22 bits per heavy atom. The minimum absolute atomic E-state index is 0.00372. The van der Waals surface area contributed by atoms with E-state index >= 15 is 0 Å². The van der Waals surface area contributed by atoms with Gasteiger partial charge in [0.1, 0.15) is 11.6 Å². The van der Waals surface area contributed by atoms with Gasteiger partial charge in [-0.05, 0) is 28.9 Å².